The lowest BCUT2D eigenvalue weighted by Gasteiger charge is -2.33. The van der Waals surface area contributed by atoms with Gasteiger partial charge >= 0.3 is 12.2 Å². The number of alkyl halides is 3. The molecule has 4 aliphatic rings. The molecule has 0 saturated carbocycles. The van der Waals surface area contributed by atoms with Crippen molar-refractivity contribution < 1.29 is 32.2 Å². The van der Waals surface area contributed by atoms with E-state index in [1.54, 1.807) is 24.3 Å². The van der Waals surface area contributed by atoms with Crippen LogP contribution in [0.25, 0.3) is 0 Å². The zero-order chi connectivity index (χ0) is 32.5. The summed E-state index contributed by atoms with van der Waals surface area (Å²) in [7, 11) is 0. The molecule has 0 radical (unpaired) electrons. The predicted octanol–water partition coefficient (Wildman–Crippen LogP) is 5.18. The van der Waals surface area contributed by atoms with E-state index in [1.165, 1.54) is 0 Å². The molecular formula is C32H39F3N6O4. The van der Waals surface area contributed by atoms with Crippen molar-refractivity contribution in [1.82, 2.24) is 25.2 Å². The van der Waals surface area contributed by atoms with Crippen molar-refractivity contribution in [3.8, 4) is 11.8 Å². The van der Waals surface area contributed by atoms with Gasteiger partial charge in [0.05, 0.1) is 6.61 Å². The lowest BCUT2D eigenvalue weighted by Crippen LogP contribution is -2.45. The Balaban J connectivity index is 1.58. The van der Waals surface area contributed by atoms with Gasteiger partial charge in [-0.1, -0.05) is 45.0 Å². The van der Waals surface area contributed by atoms with E-state index in [1.807, 2.05) is 49.9 Å². The third kappa shape index (κ3) is 10.9. The van der Waals surface area contributed by atoms with E-state index in [9.17, 15) is 22.8 Å². The summed E-state index contributed by atoms with van der Waals surface area (Å²) in [6.07, 6.45) is -2.55. The normalized spacial score (nSPS) is 16.2. The maximum Gasteiger partial charge on any atom is 0.422 e. The fraction of sp³-hybridized carbons (Fsp3) is 0.469. The highest BCUT2D eigenvalue weighted by atomic mass is 19.4. The van der Waals surface area contributed by atoms with Crippen molar-refractivity contribution in [2.75, 3.05) is 38.2 Å². The number of ether oxygens (including phenoxy) is 2. The van der Waals surface area contributed by atoms with Gasteiger partial charge in [-0.25, -0.2) is 0 Å². The Morgan fingerprint density at radius 1 is 1.02 bits per heavy atom. The first-order valence-corrected chi connectivity index (χ1v) is 14.9. The Morgan fingerprint density at radius 3 is 2.42 bits per heavy atom. The topological polar surface area (TPSA) is 119 Å². The van der Waals surface area contributed by atoms with Crippen LogP contribution in [0.4, 0.5) is 19.1 Å². The molecule has 13 heteroatoms. The van der Waals surface area contributed by atoms with Gasteiger partial charge in [-0.2, -0.15) is 28.1 Å². The number of nitrogens with zero attached hydrogens (tertiary/aromatic N) is 4. The lowest BCUT2D eigenvalue weighted by molar-refractivity contribution is -0.154. The molecule has 2 amide bonds. The van der Waals surface area contributed by atoms with E-state index in [0.717, 1.165) is 17.5 Å². The maximum absolute atomic E-state index is 13.0. The average molecular weight is 629 g/mol. The Labute approximate surface area is 260 Å². The zero-order valence-electron chi connectivity index (χ0n) is 25.7. The summed E-state index contributed by atoms with van der Waals surface area (Å²) >= 11 is 0. The quantitative estimate of drug-likeness (QED) is 0.406. The summed E-state index contributed by atoms with van der Waals surface area (Å²) in [5.74, 6) is 0.743. The van der Waals surface area contributed by atoms with Crippen LogP contribution in [0.1, 0.15) is 67.3 Å². The van der Waals surface area contributed by atoms with Gasteiger partial charge in [-0.15, -0.1) is 0 Å². The maximum atomic E-state index is 13.0. The van der Waals surface area contributed by atoms with Gasteiger partial charge in [0.15, 0.2) is 6.61 Å². The lowest BCUT2D eigenvalue weighted by atomic mass is 9.92. The molecule has 0 unspecified atom stereocenters. The summed E-state index contributed by atoms with van der Waals surface area (Å²) in [5.41, 5.74) is 1.66. The first-order chi connectivity index (χ1) is 21.4. The average Bonchev–Trinajstić information content (AvgIpc) is 2.99. The molecule has 2 aromatic carbocycles. The Kier molecular flexibility index (Phi) is 11.2. The highest BCUT2D eigenvalue weighted by molar-refractivity contribution is 5.94. The first kappa shape index (κ1) is 33.5. The number of hydrogen-bond donors (Lipinski definition) is 2. The number of aromatic nitrogens is 3. The molecule has 7 rings (SSSR count). The van der Waals surface area contributed by atoms with Gasteiger partial charge < -0.3 is 25.0 Å². The van der Waals surface area contributed by atoms with Crippen LogP contribution in [0.3, 0.4) is 0 Å². The molecule has 1 aromatic heterocycles. The van der Waals surface area contributed by atoms with E-state index in [4.69, 9.17) is 9.47 Å². The molecule has 0 saturated heterocycles. The van der Waals surface area contributed by atoms with Crippen molar-refractivity contribution in [2.45, 2.75) is 59.2 Å². The van der Waals surface area contributed by atoms with Gasteiger partial charge in [0.1, 0.15) is 11.6 Å². The van der Waals surface area contributed by atoms with Gasteiger partial charge in [0, 0.05) is 44.6 Å². The minimum absolute atomic E-state index is 0.0627. The zero-order valence-corrected chi connectivity index (χ0v) is 25.7. The van der Waals surface area contributed by atoms with Crippen molar-refractivity contribution in [1.29, 1.82) is 0 Å². The molecular weight excluding hydrogens is 589 g/mol. The molecule has 5 heterocycles. The Morgan fingerprint density at radius 2 is 1.73 bits per heavy atom. The number of carbonyl (C=O) groups excluding carboxylic acids is 2. The van der Waals surface area contributed by atoms with Crippen LogP contribution in [0, 0.1) is 5.41 Å². The van der Waals surface area contributed by atoms with Crippen LogP contribution in [-0.2, 0) is 17.8 Å². The summed E-state index contributed by atoms with van der Waals surface area (Å²) in [4.78, 5) is 40.2. The van der Waals surface area contributed by atoms with Crippen LogP contribution >= 0.6 is 0 Å². The summed E-state index contributed by atoms with van der Waals surface area (Å²) < 4.78 is 49.2. The molecule has 10 nitrogen and oxygen atoms in total. The minimum Gasteiger partial charge on any atom is -0.494 e. The first-order valence-electron chi connectivity index (χ1n) is 14.9. The van der Waals surface area contributed by atoms with Gasteiger partial charge in [-0.05, 0) is 53.6 Å². The fourth-order valence-electron chi connectivity index (χ4n) is 4.71. The van der Waals surface area contributed by atoms with E-state index < -0.39 is 18.8 Å². The fourth-order valence-corrected chi connectivity index (χ4v) is 4.71. The van der Waals surface area contributed by atoms with Crippen molar-refractivity contribution in [3.63, 3.8) is 0 Å². The molecule has 0 atom stereocenters. The number of carbonyl (C=O) groups is 2. The molecule has 3 aromatic rings. The summed E-state index contributed by atoms with van der Waals surface area (Å²) in [6.45, 7) is 6.52. The molecule has 4 aliphatic heterocycles. The van der Waals surface area contributed by atoms with Crippen molar-refractivity contribution in [3.05, 3.63) is 71.0 Å². The van der Waals surface area contributed by atoms with Crippen LogP contribution in [-0.4, -0.2) is 70.7 Å². The van der Waals surface area contributed by atoms with Crippen molar-refractivity contribution >= 4 is 17.8 Å². The number of halogens is 3. The second-order valence-electron chi connectivity index (χ2n) is 11.7. The number of anilines is 1. The second-order valence-corrected chi connectivity index (χ2v) is 11.7. The van der Waals surface area contributed by atoms with E-state index in [-0.39, 0.29) is 42.0 Å². The van der Waals surface area contributed by atoms with E-state index in [2.05, 4.69) is 25.6 Å². The largest absolute Gasteiger partial charge is 0.494 e. The third-order valence-electron chi connectivity index (χ3n) is 6.98. The smallest absolute Gasteiger partial charge is 0.422 e. The molecule has 0 fully saturated rings. The highest BCUT2D eigenvalue weighted by Gasteiger charge is 2.29. The highest BCUT2D eigenvalue weighted by Crippen LogP contribution is 2.21. The van der Waals surface area contributed by atoms with E-state index >= 15 is 0 Å². The number of benzene rings is 2. The molecule has 6 bridgehead atoms. The molecule has 2 N–H and O–H groups in total. The van der Waals surface area contributed by atoms with Crippen LogP contribution < -0.4 is 20.1 Å². The Hall–Kier alpha value is -4.42. The van der Waals surface area contributed by atoms with E-state index in [0.29, 0.717) is 50.4 Å². The SMILES string of the molecule is CCCC(=O)N1CCCOc2ccc(cc2)CNc2nc(nc(OCC(F)(F)F)n2)Cc2ccc(cc2)C(=O)NCC(C)(C)C1. The van der Waals surface area contributed by atoms with Gasteiger partial charge in [0.25, 0.3) is 5.91 Å². The standard InChI is InChI=1S/C32H39F3N6O4/c1-4-6-27(42)41-15-5-16-44-25-13-9-23(10-14-25)18-36-29-38-26(39-30(40-29)45-21-32(33,34)35)17-22-7-11-24(12-8-22)28(43)37-19-31(2,3)20-41/h7-14H,4-6,15-21H2,1-3H3,(H,37,43)(H,36,38,39,40). The number of nitrogens with one attached hydrogen (secondary N) is 2. The second kappa shape index (κ2) is 15.0. The van der Waals surface area contributed by atoms with Crippen LogP contribution in [0.15, 0.2) is 48.5 Å². The van der Waals surface area contributed by atoms with Gasteiger partial charge in [0.2, 0.25) is 11.9 Å². The van der Waals surface area contributed by atoms with Crippen molar-refractivity contribution in [2.24, 2.45) is 5.41 Å². The monoisotopic (exact) mass is 628 g/mol. The predicted molar refractivity (Wildman–Crippen MR) is 162 cm³/mol. The molecule has 45 heavy (non-hydrogen) atoms. The Bertz CT molecular complexity index is 1430. The minimum atomic E-state index is -4.56. The molecule has 0 aliphatic carbocycles. The van der Waals surface area contributed by atoms with Gasteiger partial charge in [-0.3, -0.25) is 9.59 Å². The number of amides is 2. The number of hydrogen-bond acceptors (Lipinski definition) is 8. The molecule has 0 spiro atoms. The molecule has 242 valence electrons. The van der Waals surface area contributed by atoms with Crippen LogP contribution in [0.5, 0.6) is 11.8 Å². The summed E-state index contributed by atoms with van der Waals surface area (Å²) in [6, 6.07) is 13.7. The third-order valence-corrected chi connectivity index (χ3v) is 6.98. The van der Waals surface area contributed by atoms with Crippen LogP contribution in [0.2, 0.25) is 0 Å². The summed E-state index contributed by atoms with van der Waals surface area (Å²) in [5, 5.41) is 6.00. The number of rotatable bonds is 4.